The fourth-order valence-corrected chi connectivity index (χ4v) is 4.50. The van der Waals surface area contributed by atoms with Crippen LogP contribution in [-0.4, -0.2) is 24.1 Å². The van der Waals surface area contributed by atoms with E-state index in [-0.39, 0.29) is 0 Å². The van der Waals surface area contributed by atoms with Crippen LogP contribution >= 0.6 is 0 Å². The number of esters is 1. The van der Waals surface area contributed by atoms with E-state index in [2.05, 4.69) is 48.1 Å². The van der Waals surface area contributed by atoms with Gasteiger partial charge < -0.3 is 9.21 Å². The number of carbonyl (C=O) groups excluding carboxylic acids is 1. The van der Waals surface area contributed by atoms with Crippen molar-refractivity contribution >= 4 is 25.2 Å². The van der Waals surface area contributed by atoms with Crippen molar-refractivity contribution in [3.05, 3.63) is 81.3 Å². The Balaban J connectivity index is 2.26. The van der Waals surface area contributed by atoms with E-state index in [4.69, 9.17) is 17.7 Å². The van der Waals surface area contributed by atoms with Crippen molar-refractivity contribution in [3.8, 4) is 5.75 Å². The van der Waals surface area contributed by atoms with E-state index in [1.807, 2.05) is 12.1 Å². The fourth-order valence-electron chi connectivity index (χ4n) is 4.50. The molecule has 0 amide bonds. The van der Waals surface area contributed by atoms with Crippen LogP contribution in [0.5, 0.6) is 5.75 Å². The van der Waals surface area contributed by atoms with E-state index in [1.165, 1.54) is 22.3 Å². The van der Waals surface area contributed by atoms with Crippen LogP contribution in [0.15, 0.2) is 58.3 Å². The largest absolute Gasteiger partial charge is 0.423 e. The molecule has 1 aliphatic heterocycles. The normalized spacial score (nSPS) is 15.2. The molecule has 3 rings (SSSR count). The zero-order valence-electron chi connectivity index (χ0n) is 20.2. The van der Waals surface area contributed by atoms with Crippen molar-refractivity contribution in [3.63, 3.8) is 0 Å². The Labute approximate surface area is 192 Å². The minimum absolute atomic E-state index is 0.361. The molecule has 0 saturated carbocycles. The van der Waals surface area contributed by atoms with Crippen LogP contribution in [0.1, 0.15) is 69.1 Å². The second kappa shape index (κ2) is 9.19. The molecule has 5 heteroatoms. The van der Waals surface area contributed by atoms with Gasteiger partial charge in [-0.15, -0.1) is 0 Å². The molecule has 1 aliphatic rings. The first-order chi connectivity index (χ1) is 15.1. The van der Waals surface area contributed by atoms with E-state index < -0.39 is 5.97 Å². The molecule has 0 bridgehead atoms. The third kappa shape index (κ3) is 4.04. The lowest BCUT2D eigenvalue weighted by molar-refractivity contribution is -0.130. The Morgan fingerprint density at radius 3 is 2.19 bits per heavy atom. The highest BCUT2D eigenvalue weighted by Gasteiger charge is 2.26. The summed E-state index contributed by atoms with van der Waals surface area (Å²) in [6, 6.07) is 7.52. The summed E-state index contributed by atoms with van der Waals surface area (Å²) in [6.07, 6.45) is 1.83. The number of rotatable bonds is 6. The molecule has 0 unspecified atom stereocenters. The molecule has 0 aliphatic carbocycles. The Bertz CT molecular complexity index is 1190. The average Bonchev–Trinajstić information content (AvgIpc) is 3.15. The van der Waals surface area contributed by atoms with E-state index in [0.29, 0.717) is 11.3 Å². The van der Waals surface area contributed by atoms with Gasteiger partial charge in [-0.3, -0.25) is 4.99 Å². The van der Waals surface area contributed by atoms with Gasteiger partial charge in [0.1, 0.15) is 5.75 Å². The number of aliphatic imine (C=N–C) groups is 1. The van der Waals surface area contributed by atoms with Gasteiger partial charge in [0.2, 0.25) is 7.98 Å². The molecular weight excluding hydrogens is 395 g/mol. The third-order valence-corrected chi connectivity index (χ3v) is 6.25. The molecular formula is C27H31BN2O2. The topological polar surface area (TPSA) is 43.6 Å². The predicted molar refractivity (Wildman–Crippen MR) is 133 cm³/mol. The number of allylic oxidation sites excluding steroid dienone is 2. The van der Waals surface area contributed by atoms with Crippen molar-refractivity contribution in [1.29, 1.82) is 0 Å². The average molecular weight is 426 g/mol. The van der Waals surface area contributed by atoms with Gasteiger partial charge >= 0.3 is 5.97 Å². The van der Waals surface area contributed by atoms with Gasteiger partial charge in [0, 0.05) is 28.2 Å². The monoisotopic (exact) mass is 426 g/mol. The summed E-state index contributed by atoms with van der Waals surface area (Å²) >= 11 is 0. The first-order valence-electron chi connectivity index (χ1n) is 11.1. The highest BCUT2D eigenvalue weighted by Crippen LogP contribution is 2.40. The quantitative estimate of drug-likeness (QED) is 0.245. The maximum absolute atomic E-state index is 11.9. The Kier molecular flexibility index (Phi) is 6.78. The van der Waals surface area contributed by atoms with Crippen LogP contribution < -0.4 is 4.74 Å². The van der Waals surface area contributed by atoms with E-state index in [1.54, 1.807) is 23.5 Å². The maximum atomic E-state index is 11.9. The highest BCUT2D eigenvalue weighted by molar-refractivity contribution is 6.11. The number of carbonyl (C=O) groups is 1. The van der Waals surface area contributed by atoms with Gasteiger partial charge in [-0.25, -0.2) is 4.79 Å². The van der Waals surface area contributed by atoms with E-state index in [0.717, 1.165) is 46.8 Å². The number of hydrogen-bond acceptors (Lipinski definition) is 3. The maximum Gasteiger partial charge on any atom is 0.338 e. The molecule has 0 saturated heterocycles. The number of hydrogen-bond donors (Lipinski definition) is 0. The molecule has 2 radical (unpaired) electrons. The van der Waals surface area contributed by atoms with Crippen LogP contribution in [-0.2, 0) is 11.2 Å². The third-order valence-electron chi connectivity index (χ3n) is 6.25. The lowest BCUT2D eigenvalue weighted by Gasteiger charge is -2.16. The second-order valence-corrected chi connectivity index (χ2v) is 8.33. The van der Waals surface area contributed by atoms with Gasteiger partial charge in [-0.2, -0.15) is 0 Å². The van der Waals surface area contributed by atoms with Crippen LogP contribution in [0, 0.1) is 13.8 Å². The summed E-state index contributed by atoms with van der Waals surface area (Å²) < 4.78 is 7.17. The minimum Gasteiger partial charge on any atom is -0.423 e. The van der Waals surface area contributed by atoms with Gasteiger partial charge in [0.25, 0.3) is 0 Å². The summed E-state index contributed by atoms with van der Waals surface area (Å²) in [6.45, 7) is 17.9. The molecule has 32 heavy (non-hydrogen) atoms. The molecule has 2 aromatic rings. The van der Waals surface area contributed by atoms with Gasteiger partial charge in [0.15, 0.2) is 0 Å². The smallest absolute Gasteiger partial charge is 0.338 e. The summed E-state index contributed by atoms with van der Waals surface area (Å²) in [4.78, 5) is 16.9. The first-order valence-corrected chi connectivity index (χ1v) is 11.1. The van der Waals surface area contributed by atoms with Crippen molar-refractivity contribution in [2.24, 2.45) is 4.99 Å². The molecule has 2 heterocycles. The zero-order chi connectivity index (χ0) is 23.7. The fraction of sp³-hybridized carbons (Fsp3) is 0.333. The zero-order valence-corrected chi connectivity index (χ0v) is 20.2. The van der Waals surface area contributed by atoms with Crippen LogP contribution in [0.25, 0.3) is 5.57 Å². The lowest BCUT2D eigenvalue weighted by atomic mass is 9.92. The Hall–Kier alpha value is -3.08. The SMILES string of the molecule is [B]n1c(C)c(CC)c(C)c1/C(=C1\N=C(C)C(CC)=C1C)c1ccc(OC(=O)C(=C)C)cc1. The van der Waals surface area contributed by atoms with Crippen molar-refractivity contribution in [2.75, 3.05) is 0 Å². The molecule has 0 spiro atoms. The van der Waals surface area contributed by atoms with Crippen LogP contribution in [0.3, 0.4) is 0 Å². The molecule has 0 atom stereocenters. The highest BCUT2D eigenvalue weighted by atomic mass is 16.5. The Morgan fingerprint density at radius 2 is 1.72 bits per heavy atom. The predicted octanol–water partition coefficient (Wildman–Crippen LogP) is 6.04. The number of nitrogens with zero attached hydrogens (tertiary/aromatic N) is 2. The molecule has 0 fully saturated rings. The van der Waals surface area contributed by atoms with Crippen LogP contribution in [0.2, 0.25) is 0 Å². The summed E-state index contributed by atoms with van der Waals surface area (Å²) in [7, 11) is 6.60. The first kappa shape index (κ1) is 23.6. The van der Waals surface area contributed by atoms with Crippen LogP contribution in [0.4, 0.5) is 0 Å². The molecule has 164 valence electrons. The van der Waals surface area contributed by atoms with Crippen molar-refractivity contribution in [2.45, 2.75) is 61.3 Å². The summed E-state index contributed by atoms with van der Waals surface area (Å²) in [5.74, 6) is 0.0394. The standard InChI is InChI=1S/C27H31BN2O2/c1-9-22-16(5)25(29-18(22)7)24(26-17(6)23(10-2)19(8)30(26)28)20-11-13-21(14-12-20)32-27(31)15(3)4/h11-14H,3,9-10H2,1-2,4-8H3/b25-24-. The van der Waals surface area contributed by atoms with Gasteiger partial charge in [-0.05, 0) is 87.4 Å². The molecule has 0 N–H and O–H groups in total. The molecule has 1 aromatic heterocycles. The summed E-state index contributed by atoms with van der Waals surface area (Å²) in [5, 5.41) is 0. The Morgan fingerprint density at radius 1 is 1.09 bits per heavy atom. The molecule has 1 aromatic carbocycles. The summed E-state index contributed by atoms with van der Waals surface area (Å²) in [5.41, 5.74) is 11.2. The lowest BCUT2D eigenvalue weighted by Crippen LogP contribution is -2.08. The van der Waals surface area contributed by atoms with Crippen molar-refractivity contribution < 1.29 is 9.53 Å². The minimum atomic E-state index is -0.436. The van der Waals surface area contributed by atoms with Gasteiger partial charge in [-0.1, -0.05) is 32.6 Å². The second-order valence-electron chi connectivity index (χ2n) is 8.33. The van der Waals surface area contributed by atoms with E-state index >= 15 is 0 Å². The number of benzene rings is 1. The van der Waals surface area contributed by atoms with Gasteiger partial charge in [0.05, 0.1) is 5.70 Å². The number of ether oxygens (including phenoxy) is 1. The van der Waals surface area contributed by atoms with Crippen molar-refractivity contribution in [1.82, 2.24) is 4.48 Å². The van der Waals surface area contributed by atoms with E-state index in [9.17, 15) is 4.79 Å². The number of aromatic nitrogens is 1. The molecule has 4 nitrogen and oxygen atoms in total.